The molecule has 2 heterocycles. The average molecular weight is 366 g/mol. The van der Waals surface area contributed by atoms with Gasteiger partial charge in [0, 0.05) is 30.6 Å². The Balaban J connectivity index is 1.97. The summed E-state index contributed by atoms with van der Waals surface area (Å²) in [4.78, 5) is 46.1. The highest BCUT2D eigenvalue weighted by Gasteiger charge is 2.20. The van der Waals surface area contributed by atoms with E-state index < -0.39 is 17.2 Å². The predicted octanol–water partition coefficient (Wildman–Crippen LogP) is 1.31. The molecule has 0 spiro atoms. The number of nitrogens with zero attached hydrogens (tertiary/aromatic N) is 2. The maximum absolute atomic E-state index is 13.0. The summed E-state index contributed by atoms with van der Waals surface area (Å²) in [7, 11) is 1.56. The van der Waals surface area contributed by atoms with Crippen molar-refractivity contribution in [2.24, 2.45) is 0 Å². The van der Waals surface area contributed by atoms with Crippen LogP contribution in [0.5, 0.6) is 5.75 Å². The van der Waals surface area contributed by atoms with E-state index in [9.17, 15) is 14.4 Å². The predicted molar refractivity (Wildman–Crippen MR) is 98.5 cm³/mol. The van der Waals surface area contributed by atoms with E-state index in [1.54, 1.807) is 31.6 Å². The first-order valence-corrected chi connectivity index (χ1v) is 8.20. The first-order valence-electron chi connectivity index (χ1n) is 8.20. The van der Waals surface area contributed by atoms with Gasteiger partial charge in [-0.1, -0.05) is 24.3 Å². The molecule has 3 rings (SSSR count). The van der Waals surface area contributed by atoms with Crippen molar-refractivity contribution in [1.29, 1.82) is 0 Å². The maximum Gasteiger partial charge on any atom is 0.326 e. The molecule has 27 heavy (non-hydrogen) atoms. The second-order valence-corrected chi connectivity index (χ2v) is 5.84. The zero-order valence-electron chi connectivity index (χ0n) is 14.6. The number of ether oxygens (including phenoxy) is 1. The van der Waals surface area contributed by atoms with Gasteiger partial charge in [0.1, 0.15) is 11.4 Å². The minimum absolute atomic E-state index is 0.0810. The topological polar surface area (TPSA) is 108 Å². The van der Waals surface area contributed by atoms with Crippen LogP contribution in [0.1, 0.15) is 21.6 Å². The van der Waals surface area contributed by atoms with E-state index in [0.29, 0.717) is 5.75 Å². The van der Waals surface area contributed by atoms with Crippen LogP contribution in [-0.4, -0.2) is 32.9 Å². The number of hydrogen-bond donors (Lipinski definition) is 2. The second-order valence-electron chi connectivity index (χ2n) is 5.84. The van der Waals surface area contributed by atoms with Gasteiger partial charge in [-0.2, -0.15) is 0 Å². The van der Waals surface area contributed by atoms with Gasteiger partial charge < -0.3 is 14.6 Å². The summed E-state index contributed by atoms with van der Waals surface area (Å²) in [6, 6.07) is 12.0. The molecule has 0 unspecified atom stereocenters. The van der Waals surface area contributed by atoms with Crippen LogP contribution >= 0.6 is 0 Å². The van der Waals surface area contributed by atoms with Gasteiger partial charge in [-0.05, 0) is 17.7 Å². The van der Waals surface area contributed by atoms with Crippen LogP contribution in [0, 0.1) is 0 Å². The van der Waals surface area contributed by atoms with Crippen LogP contribution < -0.4 is 16.0 Å². The van der Waals surface area contributed by atoms with E-state index in [4.69, 9.17) is 4.74 Å². The zero-order valence-corrected chi connectivity index (χ0v) is 14.6. The molecule has 0 saturated heterocycles. The second kappa shape index (κ2) is 8.13. The molecule has 0 saturated carbocycles. The van der Waals surface area contributed by atoms with E-state index >= 15 is 0 Å². The van der Waals surface area contributed by atoms with Crippen molar-refractivity contribution in [1.82, 2.24) is 19.9 Å². The van der Waals surface area contributed by atoms with Gasteiger partial charge in [0.15, 0.2) is 0 Å². The molecule has 8 nitrogen and oxygen atoms in total. The van der Waals surface area contributed by atoms with Crippen LogP contribution in [0.3, 0.4) is 0 Å². The molecular formula is C19H18N4O4. The molecule has 3 aromatic rings. The Bertz CT molecular complexity index is 1010. The first-order chi connectivity index (χ1) is 13.1. The van der Waals surface area contributed by atoms with E-state index in [0.717, 1.165) is 17.2 Å². The molecule has 1 aromatic carbocycles. The summed E-state index contributed by atoms with van der Waals surface area (Å²) >= 11 is 0. The van der Waals surface area contributed by atoms with E-state index in [-0.39, 0.29) is 18.8 Å². The number of amides is 1. The highest BCUT2D eigenvalue weighted by Crippen LogP contribution is 2.21. The molecular weight excluding hydrogens is 348 g/mol. The first kappa shape index (κ1) is 18.1. The normalized spacial score (nSPS) is 10.4. The number of methoxy groups -OCH3 is 1. The van der Waals surface area contributed by atoms with Gasteiger partial charge in [-0.15, -0.1) is 0 Å². The van der Waals surface area contributed by atoms with Crippen LogP contribution in [0.15, 0.2) is 64.4 Å². The Morgan fingerprint density at radius 1 is 1.11 bits per heavy atom. The fourth-order valence-electron chi connectivity index (χ4n) is 2.71. The lowest BCUT2D eigenvalue weighted by atomic mass is 10.1. The van der Waals surface area contributed by atoms with E-state index in [2.05, 4.69) is 15.0 Å². The number of carbonyl (C=O) groups excluding carboxylic acids is 1. The van der Waals surface area contributed by atoms with Crippen LogP contribution in [-0.2, 0) is 13.1 Å². The van der Waals surface area contributed by atoms with Gasteiger partial charge >= 0.3 is 5.69 Å². The van der Waals surface area contributed by atoms with Crippen molar-refractivity contribution in [2.75, 3.05) is 7.11 Å². The highest BCUT2D eigenvalue weighted by atomic mass is 16.5. The van der Waals surface area contributed by atoms with Crippen molar-refractivity contribution < 1.29 is 9.53 Å². The van der Waals surface area contributed by atoms with Crippen molar-refractivity contribution in [3.05, 3.63) is 92.5 Å². The number of hydrogen-bond acceptors (Lipinski definition) is 5. The SMILES string of the molecule is COc1ccccc1CN(Cc1cccnc1)C(=O)c1cc(=O)[nH]c(=O)[nH]1. The molecule has 0 radical (unpaired) electrons. The number of rotatable bonds is 6. The van der Waals surface area contributed by atoms with Gasteiger partial charge in [0.2, 0.25) is 0 Å². The lowest BCUT2D eigenvalue weighted by Gasteiger charge is -2.23. The summed E-state index contributed by atoms with van der Waals surface area (Å²) < 4.78 is 5.36. The van der Waals surface area contributed by atoms with Crippen LogP contribution in [0.4, 0.5) is 0 Å². The molecule has 0 aliphatic heterocycles. The van der Waals surface area contributed by atoms with Crippen molar-refractivity contribution >= 4 is 5.91 Å². The molecule has 0 bridgehead atoms. The Kier molecular flexibility index (Phi) is 5.46. The van der Waals surface area contributed by atoms with Crippen molar-refractivity contribution in [3.8, 4) is 5.75 Å². The number of aromatic amines is 2. The zero-order chi connectivity index (χ0) is 19.2. The van der Waals surface area contributed by atoms with Crippen LogP contribution in [0.25, 0.3) is 0 Å². The minimum atomic E-state index is -0.732. The fraction of sp³-hybridized carbons (Fsp3) is 0.158. The molecule has 0 aliphatic rings. The largest absolute Gasteiger partial charge is 0.496 e. The third kappa shape index (κ3) is 4.49. The number of para-hydroxylation sites is 1. The summed E-state index contributed by atoms with van der Waals surface area (Å²) in [6.45, 7) is 0.478. The number of nitrogens with one attached hydrogen (secondary N) is 2. The van der Waals surface area contributed by atoms with Crippen molar-refractivity contribution in [2.45, 2.75) is 13.1 Å². The molecule has 0 atom stereocenters. The minimum Gasteiger partial charge on any atom is -0.496 e. The monoisotopic (exact) mass is 366 g/mol. The lowest BCUT2D eigenvalue weighted by molar-refractivity contribution is 0.0722. The highest BCUT2D eigenvalue weighted by molar-refractivity contribution is 5.92. The van der Waals surface area contributed by atoms with E-state index in [1.807, 2.05) is 24.3 Å². The Morgan fingerprint density at radius 3 is 2.63 bits per heavy atom. The molecule has 0 aliphatic carbocycles. The molecule has 8 heteroatoms. The third-order valence-electron chi connectivity index (χ3n) is 3.93. The Labute approximate surface area is 154 Å². The maximum atomic E-state index is 13.0. The summed E-state index contributed by atoms with van der Waals surface area (Å²) in [5.41, 5.74) is 0.157. The van der Waals surface area contributed by atoms with E-state index in [1.165, 1.54) is 4.90 Å². The van der Waals surface area contributed by atoms with Crippen molar-refractivity contribution in [3.63, 3.8) is 0 Å². The summed E-state index contributed by atoms with van der Waals surface area (Å²) in [5, 5.41) is 0. The summed E-state index contributed by atoms with van der Waals surface area (Å²) in [5.74, 6) is 0.161. The Morgan fingerprint density at radius 2 is 1.93 bits per heavy atom. The standard InChI is InChI=1S/C19H18N4O4/c1-27-16-7-3-2-6-14(16)12-23(11-13-5-4-8-20-10-13)18(25)15-9-17(24)22-19(26)21-15/h2-10H,11-12H2,1H3,(H2,21,22,24,26). The molecule has 2 aromatic heterocycles. The fourth-order valence-corrected chi connectivity index (χ4v) is 2.71. The number of carbonyl (C=O) groups is 1. The number of pyridine rings is 1. The van der Waals surface area contributed by atoms with Crippen LogP contribution in [0.2, 0.25) is 0 Å². The third-order valence-corrected chi connectivity index (χ3v) is 3.93. The quantitative estimate of drug-likeness (QED) is 0.684. The van der Waals surface area contributed by atoms with Gasteiger partial charge in [-0.3, -0.25) is 19.6 Å². The summed E-state index contributed by atoms with van der Waals surface area (Å²) in [6.07, 6.45) is 3.30. The molecule has 138 valence electrons. The van der Waals surface area contributed by atoms with Gasteiger partial charge in [0.05, 0.1) is 13.7 Å². The number of H-pyrrole nitrogens is 2. The lowest BCUT2D eigenvalue weighted by Crippen LogP contribution is -2.34. The number of aromatic nitrogens is 3. The molecule has 0 fully saturated rings. The molecule has 2 N–H and O–H groups in total. The van der Waals surface area contributed by atoms with Gasteiger partial charge in [0.25, 0.3) is 11.5 Å². The van der Waals surface area contributed by atoms with Gasteiger partial charge in [-0.25, -0.2) is 4.79 Å². The molecule has 1 amide bonds. The Hall–Kier alpha value is -3.68. The average Bonchev–Trinajstić information content (AvgIpc) is 2.67. The smallest absolute Gasteiger partial charge is 0.326 e. The number of benzene rings is 1.